The summed E-state index contributed by atoms with van der Waals surface area (Å²) in [7, 11) is 5.40. The van der Waals surface area contributed by atoms with Crippen LogP contribution in [0.1, 0.15) is 17.3 Å². The van der Waals surface area contributed by atoms with Gasteiger partial charge in [0.1, 0.15) is 34.9 Å². The van der Waals surface area contributed by atoms with Crippen molar-refractivity contribution >= 4 is 33.9 Å². The number of hydrogen-bond acceptors (Lipinski definition) is 6. The van der Waals surface area contributed by atoms with Crippen molar-refractivity contribution in [3.63, 3.8) is 0 Å². The fourth-order valence-electron chi connectivity index (χ4n) is 3.96. The van der Waals surface area contributed by atoms with Crippen LogP contribution in [0.15, 0.2) is 35.6 Å². The number of carbonyl (C=O) groups is 1. The molecule has 0 saturated carbocycles. The molecular formula is C22H23FN7O2+. The van der Waals surface area contributed by atoms with Crippen molar-refractivity contribution in [1.82, 2.24) is 24.7 Å². The Morgan fingerprint density at radius 2 is 2.16 bits per heavy atom. The van der Waals surface area contributed by atoms with Gasteiger partial charge in [0.25, 0.3) is 0 Å². The van der Waals surface area contributed by atoms with Gasteiger partial charge in [-0.1, -0.05) is 0 Å². The highest BCUT2D eigenvalue weighted by Gasteiger charge is 2.40. The average molecular weight is 436 g/mol. The molecule has 1 aromatic carbocycles. The number of aliphatic imine (C=N–C) groups is 1. The van der Waals surface area contributed by atoms with Crippen molar-refractivity contribution in [3.8, 4) is 11.4 Å². The Morgan fingerprint density at radius 1 is 1.34 bits per heavy atom. The Balaban J connectivity index is 1.59. The molecule has 10 heteroatoms. The molecule has 0 aliphatic carbocycles. The number of ether oxygens (including phenoxy) is 1. The summed E-state index contributed by atoms with van der Waals surface area (Å²) in [5.41, 5.74) is 3.12. The summed E-state index contributed by atoms with van der Waals surface area (Å²) < 4.78 is 20.9. The lowest BCUT2D eigenvalue weighted by Gasteiger charge is -2.32. The van der Waals surface area contributed by atoms with E-state index in [4.69, 9.17) is 9.72 Å². The zero-order valence-corrected chi connectivity index (χ0v) is 18.3. The number of benzene rings is 1. The monoisotopic (exact) mass is 436 g/mol. The summed E-state index contributed by atoms with van der Waals surface area (Å²) in [4.78, 5) is 30.1. The minimum absolute atomic E-state index is 0.0173. The molecule has 4 aromatic rings. The van der Waals surface area contributed by atoms with Crippen LogP contribution in [-0.4, -0.2) is 74.3 Å². The average Bonchev–Trinajstić information content (AvgIpc) is 3.51. The molecule has 32 heavy (non-hydrogen) atoms. The molecule has 0 bridgehead atoms. The standard InChI is InChI=1S/C22H22FN7O2/c1-12(21-24-7-8-32-21)30(3,4)22(31)15-10-25-20-19(15)27-16(11-26-20)18-14-6-5-13(23)9-17(14)29(2)28-18/h5-6,9-12H,7-8H2,1-4H3/p+1/t12-/m1/s1. The van der Waals surface area contributed by atoms with Gasteiger partial charge < -0.3 is 9.72 Å². The highest BCUT2D eigenvalue weighted by molar-refractivity contribution is 6.02. The number of aromatic amines is 1. The summed E-state index contributed by atoms with van der Waals surface area (Å²) >= 11 is 0. The highest BCUT2D eigenvalue weighted by Crippen LogP contribution is 2.29. The Morgan fingerprint density at radius 3 is 2.91 bits per heavy atom. The summed E-state index contributed by atoms with van der Waals surface area (Å²) in [5.74, 6) is 0.112. The van der Waals surface area contributed by atoms with Gasteiger partial charge in [0.05, 0.1) is 32.4 Å². The van der Waals surface area contributed by atoms with Gasteiger partial charge in [0.2, 0.25) is 5.90 Å². The van der Waals surface area contributed by atoms with Gasteiger partial charge in [-0.25, -0.2) is 24.1 Å². The van der Waals surface area contributed by atoms with Crippen LogP contribution in [-0.2, 0) is 11.8 Å². The maximum atomic E-state index is 13.7. The third-order valence-corrected chi connectivity index (χ3v) is 6.13. The van der Waals surface area contributed by atoms with Gasteiger partial charge in [0, 0.05) is 18.6 Å². The number of nitrogens with zero attached hydrogens (tertiary/aromatic N) is 6. The maximum Gasteiger partial charge on any atom is 0.349 e. The third kappa shape index (κ3) is 3.06. The molecule has 1 N–H and O–H groups in total. The molecule has 0 radical (unpaired) electrons. The zero-order valence-electron chi connectivity index (χ0n) is 18.3. The lowest BCUT2D eigenvalue weighted by Crippen LogP contribution is -2.55. The SMILES string of the molecule is C[C@H](C1=NCCO1)[N+](C)(C)C(=O)c1c[nH]c2ncc(-c3nn(C)c4cc(F)ccc34)nc12. The van der Waals surface area contributed by atoms with E-state index in [9.17, 15) is 9.18 Å². The summed E-state index contributed by atoms with van der Waals surface area (Å²) in [6.07, 6.45) is 3.23. The second-order valence-electron chi connectivity index (χ2n) is 8.38. The van der Waals surface area contributed by atoms with E-state index in [2.05, 4.69) is 20.1 Å². The van der Waals surface area contributed by atoms with E-state index in [-0.39, 0.29) is 22.2 Å². The van der Waals surface area contributed by atoms with E-state index in [1.807, 2.05) is 21.0 Å². The zero-order chi connectivity index (χ0) is 22.6. The smallest absolute Gasteiger partial charge is 0.349 e. The van der Waals surface area contributed by atoms with Crippen molar-refractivity contribution in [1.29, 1.82) is 0 Å². The molecule has 164 valence electrons. The number of aryl methyl sites for hydroxylation is 1. The predicted octanol–water partition coefficient (Wildman–Crippen LogP) is 2.68. The van der Waals surface area contributed by atoms with Gasteiger partial charge in [-0.05, 0) is 25.1 Å². The number of amides is 1. The number of likely N-dealkylation sites (N-methyl/N-ethyl adjacent to an activating group) is 1. The first-order valence-corrected chi connectivity index (χ1v) is 10.3. The van der Waals surface area contributed by atoms with Crippen LogP contribution < -0.4 is 0 Å². The molecule has 0 fully saturated rings. The van der Waals surface area contributed by atoms with Crippen LogP contribution in [0.5, 0.6) is 0 Å². The topological polar surface area (TPSA) is 98.0 Å². The van der Waals surface area contributed by atoms with E-state index < -0.39 is 0 Å². The first kappa shape index (κ1) is 20.3. The lowest BCUT2D eigenvalue weighted by molar-refractivity contribution is -0.822. The molecule has 9 nitrogen and oxygen atoms in total. The summed E-state index contributed by atoms with van der Waals surface area (Å²) in [6, 6.07) is 4.24. The Hall–Kier alpha value is -3.66. The second-order valence-corrected chi connectivity index (χ2v) is 8.38. The number of fused-ring (bicyclic) bond motifs is 2. The van der Waals surface area contributed by atoms with Crippen molar-refractivity contribution in [3.05, 3.63) is 42.0 Å². The van der Waals surface area contributed by atoms with Crippen molar-refractivity contribution in [2.75, 3.05) is 27.2 Å². The number of carbonyl (C=O) groups excluding carboxylic acids is 1. The largest absolute Gasteiger partial charge is 0.475 e. The third-order valence-electron chi connectivity index (χ3n) is 6.13. The van der Waals surface area contributed by atoms with E-state index in [0.717, 1.165) is 5.39 Å². The van der Waals surface area contributed by atoms with Gasteiger partial charge in [-0.3, -0.25) is 9.16 Å². The Bertz CT molecular complexity index is 1400. The van der Waals surface area contributed by atoms with E-state index in [1.54, 1.807) is 30.2 Å². The van der Waals surface area contributed by atoms with Crippen LogP contribution >= 0.6 is 0 Å². The normalized spacial score (nSPS) is 15.2. The Labute approximate surface area is 183 Å². The second kappa shape index (κ2) is 7.20. The quantitative estimate of drug-likeness (QED) is 0.496. The van der Waals surface area contributed by atoms with E-state index in [0.29, 0.717) is 52.7 Å². The maximum absolute atomic E-state index is 13.7. The molecule has 5 rings (SSSR count). The number of quaternary nitrogens is 1. The van der Waals surface area contributed by atoms with Crippen molar-refractivity contribution in [2.24, 2.45) is 12.0 Å². The van der Waals surface area contributed by atoms with Gasteiger partial charge >= 0.3 is 5.91 Å². The molecule has 1 aliphatic heterocycles. The Kier molecular flexibility index (Phi) is 4.55. The summed E-state index contributed by atoms with van der Waals surface area (Å²) in [6.45, 7) is 3.07. The van der Waals surface area contributed by atoms with Gasteiger partial charge in [0.15, 0.2) is 11.7 Å². The van der Waals surface area contributed by atoms with E-state index >= 15 is 0 Å². The number of aromatic nitrogens is 5. The first-order chi connectivity index (χ1) is 15.3. The van der Waals surface area contributed by atoms with Crippen molar-refractivity contribution in [2.45, 2.75) is 13.0 Å². The molecular weight excluding hydrogens is 413 g/mol. The summed E-state index contributed by atoms with van der Waals surface area (Å²) in [5, 5.41) is 5.27. The highest BCUT2D eigenvalue weighted by atomic mass is 19.1. The molecule has 1 aliphatic rings. The molecule has 1 amide bonds. The number of rotatable bonds is 4. The van der Waals surface area contributed by atoms with Crippen LogP contribution in [0.25, 0.3) is 33.5 Å². The van der Waals surface area contributed by atoms with Crippen LogP contribution in [0.2, 0.25) is 0 Å². The molecule has 3 aromatic heterocycles. The molecule has 0 saturated heterocycles. The molecule has 4 heterocycles. The van der Waals surface area contributed by atoms with Crippen LogP contribution in [0.3, 0.4) is 0 Å². The number of hydrogen-bond donors (Lipinski definition) is 1. The molecule has 1 atom stereocenters. The van der Waals surface area contributed by atoms with E-state index in [1.165, 1.54) is 12.1 Å². The molecule has 0 unspecified atom stereocenters. The molecule has 0 spiro atoms. The lowest BCUT2D eigenvalue weighted by atomic mass is 10.1. The first-order valence-electron chi connectivity index (χ1n) is 10.3. The predicted molar refractivity (Wildman–Crippen MR) is 118 cm³/mol. The fourth-order valence-corrected chi connectivity index (χ4v) is 3.96. The fraction of sp³-hybridized carbons (Fsp3) is 0.318. The number of halogens is 1. The minimum atomic E-state index is -0.336. The minimum Gasteiger partial charge on any atom is -0.475 e. The van der Waals surface area contributed by atoms with Crippen molar-refractivity contribution < 1.29 is 18.4 Å². The number of H-pyrrole nitrogens is 1. The van der Waals surface area contributed by atoms with Gasteiger partial charge in [-0.15, -0.1) is 0 Å². The van der Waals surface area contributed by atoms with Crippen LogP contribution in [0, 0.1) is 5.82 Å². The number of nitrogens with one attached hydrogen (secondary N) is 1. The van der Waals surface area contributed by atoms with Crippen LogP contribution in [0.4, 0.5) is 4.39 Å². The van der Waals surface area contributed by atoms with Gasteiger partial charge in [-0.2, -0.15) is 5.10 Å².